The zero-order chi connectivity index (χ0) is 14.4. The molecular formula is C15H9F4N. The van der Waals surface area contributed by atoms with Gasteiger partial charge >= 0.3 is 0 Å². The van der Waals surface area contributed by atoms with Crippen LogP contribution < -0.4 is 0 Å². The first-order chi connectivity index (χ1) is 9.52. The largest absolute Gasteiger partial charge is 0.311 e. The molecule has 102 valence electrons. The van der Waals surface area contributed by atoms with E-state index in [2.05, 4.69) is 0 Å². The smallest absolute Gasteiger partial charge is 0.197 e. The number of benzene rings is 2. The normalized spacial score (nSPS) is 11.2. The first-order valence-electron chi connectivity index (χ1n) is 5.91. The van der Waals surface area contributed by atoms with Crippen LogP contribution in [0.15, 0.2) is 36.5 Å². The molecule has 3 rings (SSSR count). The number of aromatic nitrogens is 1. The van der Waals surface area contributed by atoms with Crippen molar-refractivity contribution in [1.29, 1.82) is 0 Å². The predicted octanol–water partition coefficient (Wildman–Crippen LogP) is 4.50. The predicted molar refractivity (Wildman–Crippen MR) is 67.8 cm³/mol. The fraction of sp³-hybridized carbons (Fsp3) is 0.0667. The Balaban J connectivity index is 2.41. The zero-order valence-electron chi connectivity index (χ0n) is 10.4. The number of nitrogens with zero attached hydrogens (tertiary/aromatic N) is 1. The number of fused-ring (bicyclic) bond motifs is 1. The van der Waals surface area contributed by atoms with E-state index in [9.17, 15) is 17.6 Å². The Hall–Kier alpha value is -2.30. The number of para-hydroxylation sites is 1. The minimum atomic E-state index is -1.67. The van der Waals surface area contributed by atoms with Crippen molar-refractivity contribution in [2.24, 2.45) is 0 Å². The highest BCUT2D eigenvalue weighted by atomic mass is 19.2. The lowest BCUT2D eigenvalue weighted by Gasteiger charge is -2.12. The Morgan fingerprint density at radius 2 is 1.50 bits per heavy atom. The topological polar surface area (TPSA) is 4.93 Å². The van der Waals surface area contributed by atoms with Crippen molar-refractivity contribution in [2.45, 2.75) is 6.92 Å². The number of rotatable bonds is 1. The summed E-state index contributed by atoms with van der Waals surface area (Å²) in [5.41, 5.74) is -0.644. The molecule has 1 heterocycles. The van der Waals surface area contributed by atoms with Crippen LogP contribution in [0.4, 0.5) is 17.6 Å². The summed E-state index contributed by atoms with van der Waals surface area (Å²) in [5, 5.41) is 0.744. The first kappa shape index (κ1) is 12.7. The molecule has 5 heteroatoms. The van der Waals surface area contributed by atoms with Gasteiger partial charge < -0.3 is 4.57 Å². The number of halogens is 4. The van der Waals surface area contributed by atoms with Crippen molar-refractivity contribution in [2.75, 3.05) is 0 Å². The molecule has 20 heavy (non-hydrogen) atoms. The minimum Gasteiger partial charge on any atom is -0.311 e. The molecule has 0 N–H and O–H groups in total. The van der Waals surface area contributed by atoms with E-state index in [0.717, 1.165) is 12.3 Å². The lowest BCUT2D eigenvalue weighted by molar-refractivity contribution is 0.425. The Kier molecular flexibility index (Phi) is 2.78. The summed E-state index contributed by atoms with van der Waals surface area (Å²) in [6.45, 7) is 1.07. The van der Waals surface area contributed by atoms with Crippen LogP contribution in [-0.4, -0.2) is 4.57 Å². The third-order valence-electron chi connectivity index (χ3n) is 3.30. The molecule has 0 bridgehead atoms. The summed E-state index contributed by atoms with van der Waals surface area (Å²) < 4.78 is 56.0. The maximum absolute atomic E-state index is 14.1. The van der Waals surface area contributed by atoms with Crippen molar-refractivity contribution >= 4 is 10.9 Å². The summed E-state index contributed by atoms with van der Waals surface area (Å²) in [4.78, 5) is 0. The third-order valence-corrected chi connectivity index (χ3v) is 3.30. The molecule has 3 aromatic rings. The van der Waals surface area contributed by atoms with Gasteiger partial charge in [-0.05, 0) is 24.4 Å². The van der Waals surface area contributed by atoms with Gasteiger partial charge in [0.2, 0.25) is 0 Å². The fourth-order valence-electron chi connectivity index (χ4n) is 2.22. The Bertz CT molecular complexity index is 791. The molecule has 1 aromatic heterocycles. The summed E-state index contributed by atoms with van der Waals surface area (Å²) >= 11 is 0. The molecule has 0 atom stereocenters. The van der Waals surface area contributed by atoms with E-state index in [4.69, 9.17) is 0 Å². The summed E-state index contributed by atoms with van der Waals surface area (Å²) in [6.07, 6.45) is 1.42. The average Bonchev–Trinajstić information content (AvgIpc) is 2.87. The number of hydrogen-bond acceptors (Lipinski definition) is 0. The minimum absolute atomic E-state index is 0.510. The van der Waals surface area contributed by atoms with Gasteiger partial charge in [0.1, 0.15) is 5.69 Å². The van der Waals surface area contributed by atoms with Crippen molar-refractivity contribution in [3.8, 4) is 5.69 Å². The first-order valence-corrected chi connectivity index (χ1v) is 5.91. The van der Waals surface area contributed by atoms with Gasteiger partial charge in [-0.1, -0.05) is 18.2 Å². The molecule has 0 unspecified atom stereocenters. The van der Waals surface area contributed by atoms with E-state index in [0.29, 0.717) is 5.52 Å². The standard InChI is InChI=1S/C15H9F4N/c1-8-11(16)13(18)14(19)15(12(8)17)20-7-6-9-4-2-3-5-10(9)20/h2-7H,1H3. The van der Waals surface area contributed by atoms with Gasteiger partial charge in [0.15, 0.2) is 23.3 Å². The van der Waals surface area contributed by atoms with Crippen LogP contribution in [0.25, 0.3) is 16.6 Å². The molecule has 2 aromatic carbocycles. The van der Waals surface area contributed by atoms with Crippen LogP contribution in [0.5, 0.6) is 0 Å². The molecular weight excluding hydrogens is 270 g/mol. The van der Waals surface area contributed by atoms with Gasteiger partial charge in [-0.3, -0.25) is 0 Å². The zero-order valence-corrected chi connectivity index (χ0v) is 10.4. The molecule has 0 saturated carbocycles. The van der Waals surface area contributed by atoms with Gasteiger partial charge in [0.05, 0.1) is 5.52 Å². The molecule has 0 saturated heterocycles. The SMILES string of the molecule is Cc1c(F)c(F)c(F)c(-n2ccc3ccccc32)c1F. The lowest BCUT2D eigenvalue weighted by atomic mass is 10.1. The molecule has 0 aliphatic carbocycles. The Morgan fingerprint density at radius 3 is 2.25 bits per heavy atom. The Labute approximate surface area is 112 Å². The summed E-state index contributed by atoms with van der Waals surface area (Å²) in [6, 6.07) is 8.52. The maximum Gasteiger partial charge on any atom is 0.197 e. The van der Waals surface area contributed by atoms with Gasteiger partial charge in [-0.2, -0.15) is 0 Å². The van der Waals surface area contributed by atoms with Gasteiger partial charge in [-0.15, -0.1) is 0 Å². The lowest BCUT2D eigenvalue weighted by Crippen LogP contribution is -2.08. The monoisotopic (exact) mass is 279 g/mol. The van der Waals surface area contributed by atoms with E-state index < -0.39 is 34.5 Å². The highest BCUT2D eigenvalue weighted by Gasteiger charge is 2.24. The Morgan fingerprint density at radius 1 is 0.800 bits per heavy atom. The van der Waals surface area contributed by atoms with Crippen LogP contribution in [0, 0.1) is 30.2 Å². The van der Waals surface area contributed by atoms with Crippen molar-refractivity contribution in [3.63, 3.8) is 0 Å². The molecule has 0 aliphatic rings. The van der Waals surface area contributed by atoms with E-state index in [1.807, 2.05) is 0 Å². The highest BCUT2D eigenvalue weighted by molar-refractivity contribution is 5.82. The summed E-state index contributed by atoms with van der Waals surface area (Å²) in [7, 11) is 0. The van der Waals surface area contributed by atoms with Crippen molar-refractivity contribution in [1.82, 2.24) is 4.57 Å². The van der Waals surface area contributed by atoms with E-state index >= 15 is 0 Å². The molecule has 0 aliphatic heterocycles. The second-order valence-corrected chi connectivity index (χ2v) is 4.47. The van der Waals surface area contributed by atoms with Crippen LogP contribution in [-0.2, 0) is 0 Å². The molecule has 1 nitrogen and oxygen atoms in total. The average molecular weight is 279 g/mol. The van der Waals surface area contributed by atoms with Gasteiger partial charge in [0, 0.05) is 11.8 Å². The molecule has 0 amide bonds. The van der Waals surface area contributed by atoms with Gasteiger partial charge in [0.25, 0.3) is 0 Å². The molecule has 0 fully saturated rings. The molecule has 0 spiro atoms. The van der Waals surface area contributed by atoms with E-state index in [1.165, 1.54) is 10.8 Å². The van der Waals surface area contributed by atoms with E-state index in [1.54, 1.807) is 30.3 Å². The van der Waals surface area contributed by atoms with Crippen LogP contribution in [0.1, 0.15) is 5.56 Å². The van der Waals surface area contributed by atoms with Gasteiger partial charge in [-0.25, -0.2) is 17.6 Å². The fourth-order valence-corrected chi connectivity index (χ4v) is 2.22. The maximum atomic E-state index is 14.1. The van der Waals surface area contributed by atoms with Crippen LogP contribution in [0.3, 0.4) is 0 Å². The van der Waals surface area contributed by atoms with Crippen LogP contribution in [0.2, 0.25) is 0 Å². The molecule has 0 radical (unpaired) electrons. The van der Waals surface area contributed by atoms with Crippen molar-refractivity contribution in [3.05, 3.63) is 65.4 Å². The second kappa shape index (κ2) is 4.37. The number of hydrogen-bond donors (Lipinski definition) is 0. The highest BCUT2D eigenvalue weighted by Crippen LogP contribution is 2.29. The van der Waals surface area contributed by atoms with Crippen molar-refractivity contribution < 1.29 is 17.6 Å². The van der Waals surface area contributed by atoms with E-state index in [-0.39, 0.29) is 0 Å². The van der Waals surface area contributed by atoms with Crippen LogP contribution >= 0.6 is 0 Å². The quantitative estimate of drug-likeness (QED) is 0.351. The summed E-state index contributed by atoms with van der Waals surface area (Å²) in [5.74, 6) is -5.81. The third kappa shape index (κ3) is 1.62. The second-order valence-electron chi connectivity index (χ2n) is 4.47.